The fraction of sp³-hybridized carbons (Fsp3) is 0.467. The molecule has 0 unspecified atom stereocenters. The minimum atomic E-state index is -0.0682. The van der Waals surface area contributed by atoms with Crippen molar-refractivity contribution in [2.45, 2.75) is 26.1 Å². The van der Waals surface area contributed by atoms with Gasteiger partial charge in [-0.05, 0) is 32.0 Å². The van der Waals surface area contributed by atoms with E-state index < -0.39 is 0 Å². The van der Waals surface area contributed by atoms with E-state index in [1.165, 1.54) is 0 Å². The summed E-state index contributed by atoms with van der Waals surface area (Å²) in [5.41, 5.74) is 1.19. The molecule has 1 aromatic rings. The number of carbonyl (C=O) groups is 1. The maximum Gasteiger partial charge on any atom is 0.238 e. The Labute approximate surface area is 119 Å². The number of nitrogens with one attached hydrogen (secondary N) is 1. The van der Waals surface area contributed by atoms with Crippen LogP contribution in [-0.2, 0) is 9.53 Å². The molecule has 0 saturated carbocycles. The fourth-order valence-electron chi connectivity index (χ4n) is 2.48. The summed E-state index contributed by atoms with van der Waals surface area (Å²) in [7, 11) is 0. The Balaban J connectivity index is 1.90. The van der Waals surface area contributed by atoms with Crippen molar-refractivity contribution < 1.29 is 9.53 Å². The van der Waals surface area contributed by atoms with Gasteiger partial charge in [-0.1, -0.05) is 6.07 Å². The Hall–Kier alpha value is -1.90. The van der Waals surface area contributed by atoms with E-state index in [2.05, 4.69) is 16.3 Å². The molecule has 5 nitrogen and oxygen atoms in total. The molecule has 20 heavy (non-hydrogen) atoms. The second-order valence-electron chi connectivity index (χ2n) is 5.19. The van der Waals surface area contributed by atoms with Crippen molar-refractivity contribution in [2.75, 3.05) is 25.0 Å². The van der Waals surface area contributed by atoms with E-state index >= 15 is 0 Å². The summed E-state index contributed by atoms with van der Waals surface area (Å²) in [4.78, 5) is 14.1. The molecule has 1 aliphatic heterocycles. The van der Waals surface area contributed by atoms with Crippen LogP contribution in [0.15, 0.2) is 24.3 Å². The standard InChI is InChI=1S/C15H19N3O2/c1-11-8-18(9-12(2)20-11)10-15(19)17-14-5-3-4-13(6-14)7-16/h3-6,11-12H,8-10H2,1-2H3,(H,17,19)/t11-,12-/m0/s1. The van der Waals surface area contributed by atoms with E-state index in [-0.39, 0.29) is 18.1 Å². The van der Waals surface area contributed by atoms with Gasteiger partial charge in [0.25, 0.3) is 0 Å². The molecule has 106 valence electrons. The Morgan fingerprint density at radius 3 is 2.80 bits per heavy atom. The largest absolute Gasteiger partial charge is 0.373 e. The lowest BCUT2D eigenvalue weighted by Crippen LogP contribution is -2.48. The lowest BCUT2D eigenvalue weighted by molar-refractivity contribution is -0.121. The number of nitrogens with zero attached hydrogens (tertiary/aromatic N) is 2. The summed E-state index contributed by atoms with van der Waals surface area (Å²) in [5, 5.41) is 11.7. The fourth-order valence-corrected chi connectivity index (χ4v) is 2.48. The molecular formula is C15H19N3O2. The molecule has 1 saturated heterocycles. The van der Waals surface area contributed by atoms with Crippen LogP contribution in [0, 0.1) is 11.3 Å². The number of morpholine rings is 1. The van der Waals surface area contributed by atoms with Gasteiger partial charge in [-0.2, -0.15) is 5.26 Å². The number of hydrogen-bond acceptors (Lipinski definition) is 4. The molecule has 0 aromatic heterocycles. The van der Waals surface area contributed by atoms with Crippen molar-refractivity contribution in [1.82, 2.24) is 4.90 Å². The zero-order chi connectivity index (χ0) is 14.5. The summed E-state index contributed by atoms with van der Waals surface area (Å²) in [6.07, 6.45) is 0.293. The number of hydrogen-bond donors (Lipinski definition) is 1. The number of amides is 1. The van der Waals surface area contributed by atoms with E-state index in [0.717, 1.165) is 13.1 Å². The molecular weight excluding hydrogens is 254 g/mol. The predicted octanol–water partition coefficient (Wildman–Crippen LogP) is 1.61. The van der Waals surface area contributed by atoms with Gasteiger partial charge in [0.1, 0.15) is 0 Å². The lowest BCUT2D eigenvalue weighted by atomic mass is 10.2. The first-order valence-electron chi connectivity index (χ1n) is 6.74. The van der Waals surface area contributed by atoms with Crippen molar-refractivity contribution in [3.05, 3.63) is 29.8 Å². The molecule has 1 amide bonds. The third-order valence-corrected chi connectivity index (χ3v) is 3.14. The zero-order valence-corrected chi connectivity index (χ0v) is 11.8. The molecule has 1 heterocycles. The van der Waals surface area contributed by atoms with Gasteiger partial charge in [-0.25, -0.2) is 0 Å². The predicted molar refractivity (Wildman–Crippen MR) is 76.2 cm³/mol. The molecule has 2 atom stereocenters. The summed E-state index contributed by atoms with van der Waals surface area (Å²) in [6.45, 7) is 5.88. The SMILES string of the molecule is C[C@H]1CN(CC(=O)Nc2cccc(C#N)c2)C[C@H](C)O1. The monoisotopic (exact) mass is 273 g/mol. The van der Waals surface area contributed by atoms with E-state index in [0.29, 0.717) is 17.8 Å². The van der Waals surface area contributed by atoms with Crippen molar-refractivity contribution >= 4 is 11.6 Å². The summed E-state index contributed by atoms with van der Waals surface area (Å²) in [5.74, 6) is -0.0682. The first-order valence-corrected chi connectivity index (χ1v) is 6.74. The van der Waals surface area contributed by atoms with Gasteiger partial charge < -0.3 is 10.1 Å². The first-order chi connectivity index (χ1) is 9.56. The third kappa shape index (κ3) is 4.05. The minimum absolute atomic E-state index is 0.0682. The zero-order valence-electron chi connectivity index (χ0n) is 11.8. The number of ether oxygens (including phenoxy) is 1. The maximum absolute atomic E-state index is 12.0. The Morgan fingerprint density at radius 1 is 1.45 bits per heavy atom. The molecule has 0 aliphatic carbocycles. The molecule has 0 radical (unpaired) electrons. The average Bonchev–Trinajstić information content (AvgIpc) is 2.37. The molecule has 0 spiro atoms. The smallest absolute Gasteiger partial charge is 0.238 e. The van der Waals surface area contributed by atoms with Crippen LogP contribution in [0.25, 0.3) is 0 Å². The molecule has 2 rings (SSSR count). The van der Waals surface area contributed by atoms with Crippen LogP contribution in [0.4, 0.5) is 5.69 Å². The summed E-state index contributed by atoms with van der Waals surface area (Å²) in [6, 6.07) is 8.97. The summed E-state index contributed by atoms with van der Waals surface area (Å²) < 4.78 is 5.64. The van der Waals surface area contributed by atoms with Gasteiger partial charge in [-0.3, -0.25) is 9.69 Å². The van der Waals surface area contributed by atoms with Gasteiger partial charge in [0, 0.05) is 18.8 Å². The Bertz CT molecular complexity index is 514. The normalized spacial score (nSPS) is 23.1. The molecule has 1 fully saturated rings. The topological polar surface area (TPSA) is 65.4 Å². The van der Waals surface area contributed by atoms with Crippen molar-refractivity contribution in [2.24, 2.45) is 0 Å². The van der Waals surface area contributed by atoms with Crippen LogP contribution in [0.1, 0.15) is 19.4 Å². The first kappa shape index (κ1) is 14.5. The second kappa shape index (κ2) is 6.51. The third-order valence-electron chi connectivity index (χ3n) is 3.14. The number of nitriles is 1. The van der Waals surface area contributed by atoms with Gasteiger partial charge in [-0.15, -0.1) is 0 Å². The van der Waals surface area contributed by atoms with Gasteiger partial charge >= 0.3 is 0 Å². The van der Waals surface area contributed by atoms with Gasteiger partial charge in [0.05, 0.1) is 30.4 Å². The highest BCUT2D eigenvalue weighted by molar-refractivity contribution is 5.92. The number of rotatable bonds is 3. The summed E-state index contributed by atoms with van der Waals surface area (Å²) >= 11 is 0. The molecule has 5 heteroatoms. The van der Waals surface area contributed by atoms with E-state index in [4.69, 9.17) is 10.00 Å². The number of carbonyl (C=O) groups excluding carboxylic acids is 1. The van der Waals surface area contributed by atoms with Gasteiger partial charge in [0.15, 0.2) is 0 Å². The van der Waals surface area contributed by atoms with Crippen molar-refractivity contribution in [3.8, 4) is 6.07 Å². The minimum Gasteiger partial charge on any atom is -0.373 e. The van der Waals surface area contributed by atoms with Crippen LogP contribution in [-0.4, -0.2) is 42.6 Å². The van der Waals surface area contributed by atoms with Crippen LogP contribution in [0.5, 0.6) is 0 Å². The van der Waals surface area contributed by atoms with Crippen molar-refractivity contribution in [3.63, 3.8) is 0 Å². The van der Waals surface area contributed by atoms with Gasteiger partial charge in [0.2, 0.25) is 5.91 Å². The molecule has 0 bridgehead atoms. The Morgan fingerprint density at radius 2 is 2.15 bits per heavy atom. The number of anilines is 1. The van der Waals surface area contributed by atoms with Crippen LogP contribution in [0.3, 0.4) is 0 Å². The Kier molecular flexibility index (Phi) is 4.72. The number of benzene rings is 1. The van der Waals surface area contributed by atoms with E-state index in [1.807, 2.05) is 13.8 Å². The molecule has 1 aromatic carbocycles. The van der Waals surface area contributed by atoms with Crippen LogP contribution in [0.2, 0.25) is 0 Å². The highest BCUT2D eigenvalue weighted by Crippen LogP contribution is 2.12. The quantitative estimate of drug-likeness (QED) is 0.908. The second-order valence-corrected chi connectivity index (χ2v) is 5.19. The van der Waals surface area contributed by atoms with E-state index in [9.17, 15) is 4.79 Å². The molecule has 1 aliphatic rings. The molecule has 1 N–H and O–H groups in total. The highest BCUT2D eigenvalue weighted by atomic mass is 16.5. The maximum atomic E-state index is 12.0. The van der Waals surface area contributed by atoms with E-state index in [1.54, 1.807) is 24.3 Å². The van der Waals surface area contributed by atoms with Crippen molar-refractivity contribution in [1.29, 1.82) is 5.26 Å². The van der Waals surface area contributed by atoms with Crippen LogP contribution < -0.4 is 5.32 Å². The lowest BCUT2D eigenvalue weighted by Gasteiger charge is -2.34. The average molecular weight is 273 g/mol. The highest BCUT2D eigenvalue weighted by Gasteiger charge is 2.23. The van der Waals surface area contributed by atoms with Crippen LogP contribution >= 0.6 is 0 Å².